The van der Waals surface area contributed by atoms with E-state index in [-0.39, 0.29) is 11.7 Å². The normalized spacial score (nSPS) is 11.7. The predicted molar refractivity (Wildman–Crippen MR) is 143 cm³/mol. The molecule has 0 aliphatic carbocycles. The van der Waals surface area contributed by atoms with Crippen LogP contribution < -0.4 is 10.1 Å². The summed E-state index contributed by atoms with van der Waals surface area (Å²) in [6, 6.07) is 21.9. The number of carbonyl (C=O) groups excluding carboxylic acids is 2. The SMILES string of the molecule is CCOc1ccc(-n2c(SC(C)C(=O)Nc3cccc(C(C)=O)c3)nnc2-c2cccc(Cl)c2)cc1. The molecule has 0 fully saturated rings. The Morgan fingerprint density at radius 1 is 1.06 bits per heavy atom. The number of amides is 1. The molecule has 0 radical (unpaired) electrons. The molecule has 0 spiro atoms. The molecule has 1 aromatic heterocycles. The topological polar surface area (TPSA) is 86.1 Å². The largest absolute Gasteiger partial charge is 0.494 e. The summed E-state index contributed by atoms with van der Waals surface area (Å²) in [6.07, 6.45) is 0. The number of nitrogens with zero attached hydrogens (tertiary/aromatic N) is 3. The third-order valence-electron chi connectivity index (χ3n) is 5.31. The number of aromatic nitrogens is 3. The van der Waals surface area contributed by atoms with Gasteiger partial charge >= 0.3 is 0 Å². The van der Waals surface area contributed by atoms with Crippen LogP contribution in [-0.2, 0) is 4.79 Å². The fraction of sp³-hybridized carbons (Fsp3) is 0.185. The lowest BCUT2D eigenvalue weighted by Crippen LogP contribution is -2.23. The number of rotatable bonds is 9. The van der Waals surface area contributed by atoms with Gasteiger partial charge < -0.3 is 10.1 Å². The third kappa shape index (κ3) is 5.95. The number of thioether (sulfide) groups is 1. The van der Waals surface area contributed by atoms with Crippen LogP contribution >= 0.6 is 23.4 Å². The second-order valence-electron chi connectivity index (χ2n) is 7.97. The Morgan fingerprint density at radius 2 is 1.81 bits per heavy atom. The Bertz CT molecular complexity index is 1390. The van der Waals surface area contributed by atoms with Gasteiger partial charge in [-0.05, 0) is 69.3 Å². The van der Waals surface area contributed by atoms with E-state index in [1.165, 1.54) is 18.7 Å². The van der Waals surface area contributed by atoms with E-state index in [2.05, 4.69) is 15.5 Å². The molecule has 4 aromatic rings. The summed E-state index contributed by atoms with van der Waals surface area (Å²) in [5.74, 6) is 1.08. The van der Waals surface area contributed by atoms with E-state index in [9.17, 15) is 9.59 Å². The van der Waals surface area contributed by atoms with Crippen LogP contribution in [0, 0.1) is 0 Å². The number of benzene rings is 3. The highest BCUT2D eigenvalue weighted by atomic mass is 35.5. The number of nitrogens with one attached hydrogen (secondary N) is 1. The summed E-state index contributed by atoms with van der Waals surface area (Å²) >= 11 is 7.52. The van der Waals surface area contributed by atoms with E-state index in [1.54, 1.807) is 37.3 Å². The predicted octanol–water partition coefficient (Wildman–Crippen LogP) is 6.31. The van der Waals surface area contributed by atoms with Crippen LogP contribution in [0.4, 0.5) is 5.69 Å². The number of hydrogen-bond acceptors (Lipinski definition) is 6. The van der Waals surface area contributed by atoms with Crippen LogP contribution in [0.1, 0.15) is 31.1 Å². The van der Waals surface area contributed by atoms with Gasteiger partial charge in [0.05, 0.1) is 11.9 Å². The Labute approximate surface area is 218 Å². The minimum Gasteiger partial charge on any atom is -0.494 e. The Morgan fingerprint density at radius 3 is 2.50 bits per heavy atom. The van der Waals surface area contributed by atoms with Gasteiger partial charge in [-0.25, -0.2) is 0 Å². The second-order valence-corrected chi connectivity index (χ2v) is 9.71. The molecule has 7 nitrogen and oxygen atoms in total. The Kier molecular flexibility index (Phi) is 8.07. The van der Waals surface area contributed by atoms with E-state index in [1.807, 2.05) is 54.0 Å². The maximum Gasteiger partial charge on any atom is 0.237 e. The van der Waals surface area contributed by atoms with Gasteiger partial charge in [0.1, 0.15) is 5.75 Å². The van der Waals surface area contributed by atoms with Crippen molar-refractivity contribution < 1.29 is 14.3 Å². The minimum absolute atomic E-state index is 0.0643. The summed E-state index contributed by atoms with van der Waals surface area (Å²) < 4.78 is 7.47. The van der Waals surface area contributed by atoms with Crippen LogP contribution in [0.25, 0.3) is 17.1 Å². The number of carbonyl (C=O) groups is 2. The molecular formula is C27H25ClN4O3S. The number of halogens is 1. The van der Waals surface area contributed by atoms with Gasteiger partial charge in [-0.2, -0.15) is 0 Å². The first kappa shape index (κ1) is 25.5. The number of Topliss-reactive ketones (excluding diaryl/α,β-unsaturated/α-hetero) is 1. The minimum atomic E-state index is -0.496. The van der Waals surface area contributed by atoms with E-state index in [0.717, 1.165) is 17.0 Å². The van der Waals surface area contributed by atoms with E-state index in [4.69, 9.17) is 16.3 Å². The fourth-order valence-corrected chi connectivity index (χ4v) is 4.58. The maximum atomic E-state index is 13.0. The zero-order valence-electron chi connectivity index (χ0n) is 20.1. The van der Waals surface area contributed by atoms with Crippen molar-refractivity contribution in [3.8, 4) is 22.8 Å². The molecule has 1 heterocycles. The van der Waals surface area contributed by atoms with Gasteiger partial charge in [0, 0.05) is 27.5 Å². The van der Waals surface area contributed by atoms with Crippen LogP contribution in [0.3, 0.4) is 0 Å². The lowest BCUT2D eigenvalue weighted by atomic mass is 10.1. The van der Waals surface area contributed by atoms with Crippen molar-refractivity contribution in [1.82, 2.24) is 14.8 Å². The summed E-state index contributed by atoms with van der Waals surface area (Å²) in [6.45, 7) is 5.79. The molecule has 0 bridgehead atoms. The highest BCUT2D eigenvalue weighted by Gasteiger charge is 2.22. The Balaban J connectivity index is 1.63. The zero-order valence-corrected chi connectivity index (χ0v) is 21.6. The first-order chi connectivity index (χ1) is 17.4. The monoisotopic (exact) mass is 520 g/mol. The number of anilines is 1. The highest BCUT2D eigenvalue weighted by Crippen LogP contribution is 2.32. The summed E-state index contributed by atoms with van der Waals surface area (Å²) in [5, 5.41) is 12.3. The number of ether oxygens (including phenoxy) is 1. The Hall–Kier alpha value is -3.62. The van der Waals surface area contributed by atoms with Crippen LogP contribution in [0.15, 0.2) is 78.0 Å². The summed E-state index contributed by atoms with van der Waals surface area (Å²) in [7, 11) is 0. The van der Waals surface area contributed by atoms with Gasteiger partial charge in [0.15, 0.2) is 16.8 Å². The van der Waals surface area contributed by atoms with Crippen molar-refractivity contribution in [1.29, 1.82) is 0 Å². The van der Waals surface area contributed by atoms with Gasteiger partial charge in [0.25, 0.3) is 0 Å². The summed E-state index contributed by atoms with van der Waals surface area (Å²) in [4.78, 5) is 24.7. The van der Waals surface area contributed by atoms with Gasteiger partial charge in [0.2, 0.25) is 5.91 Å². The fourth-order valence-electron chi connectivity index (χ4n) is 3.52. The first-order valence-corrected chi connectivity index (χ1v) is 12.6. The first-order valence-electron chi connectivity index (χ1n) is 11.4. The molecule has 1 N–H and O–H groups in total. The van der Waals surface area contributed by atoms with Crippen LogP contribution in [0.2, 0.25) is 5.02 Å². The average molecular weight is 521 g/mol. The van der Waals surface area contributed by atoms with Crippen molar-refractivity contribution in [2.75, 3.05) is 11.9 Å². The van der Waals surface area contributed by atoms with Crippen molar-refractivity contribution >= 4 is 40.7 Å². The standard InChI is InChI=1S/C27H25ClN4O3S/c1-4-35-24-13-11-23(12-14-24)32-25(20-8-5-9-21(28)15-20)30-31-27(32)36-18(3)26(34)29-22-10-6-7-19(16-22)17(2)33/h5-16,18H,4H2,1-3H3,(H,29,34). The molecule has 0 aliphatic heterocycles. The van der Waals surface area contributed by atoms with E-state index < -0.39 is 5.25 Å². The maximum absolute atomic E-state index is 13.0. The smallest absolute Gasteiger partial charge is 0.237 e. The number of hydrogen-bond donors (Lipinski definition) is 1. The highest BCUT2D eigenvalue weighted by molar-refractivity contribution is 8.00. The molecule has 36 heavy (non-hydrogen) atoms. The van der Waals surface area contributed by atoms with Crippen molar-refractivity contribution in [2.45, 2.75) is 31.2 Å². The van der Waals surface area contributed by atoms with Crippen LogP contribution in [0.5, 0.6) is 5.75 Å². The lowest BCUT2D eigenvalue weighted by molar-refractivity contribution is -0.115. The van der Waals surface area contributed by atoms with Crippen LogP contribution in [-0.4, -0.2) is 38.3 Å². The molecule has 3 aromatic carbocycles. The molecule has 1 amide bonds. The van der Waals surface area contributed by atoms with Crippen molar-refractivity contribution in [3.05, 3.63) is 83.4 Å². The zero-order chi connectivity index (χ0) is 25.7. The lowest BCUT2D eigenvalue weighted by Gasteiger charge is -2.15. The molecular weight excluding hydrogens is 496 g/mol. The van der Waals surface area contributed by atoms with Crippen molar-refractivity contribution in [3.63, 3.8) is 0 Å². The van der Waals surface area contributed by atoms with E-state index >= 15 is 0 Å². The number of ketones is 1. The molecule has 0 saturated heterocycles. The molecule has 0 aliphatic rings. The molecule has 1 atom stereocenters. The second kappa shape index (κ2) is 11.4. The molecule has 1 unspecified atom stereocenters. The molecule has 9 heteroatoms. The average Bonchev–Trinajstić information content (AvgIpc) is 3.28. The van der Waals surface area contributed by atoms with Gasteiger partial charge in [-0.3, -0.25) is 14.2 Å². The van der Waals surface area contributed by atoms with Crippen molar-refractivity contribution in [2.24, 2.45) is 0 Å². The van der Waals surface area contributed by atoms with Gasteiger partial charge in [-0.15, -0.1) is 10.2 Å². The van der Waals surface area contributed by atoms with E-state index in [0.29, 0.717) is 33.9 Å². The molecule has 0 saturated carbocycles. The summed E-state index contributed by atoms with van der Waals surface area (Å²) in [5.41, 5.74) is 2.72. The molecule has 4 rings (SSSR count). The van der Waals surface area contributed by atoms with Gasteiger partial charge in [-0.1, -0.05) is 47.6 Å². The quantitative estimate of drug-likeness (QED) is 0.205. The molecule has 184 valence electrons. The third-order valence-corrected chi connectivity index (χ3v) is 6.59.